The summed E-state index contributed by atoms with van der Waals surface area (Å²) in [6.45, 7) is 47.1. The molecule has 0 bridgehead atoms. The first kappa shape index (κ1) is 115. The van der Waals surface area contributed by atoms with E-state index in [1.807, 2.05) is 289 Å². The maximum Gasteiger partial charge on any atom is 0.336 e. The van der Waals surface area contributed by atoms with Crippen LogP contribution in [0.15, 0.2) is 222 Å². The highest BCUT2D eigenvalue weighted by Crippen LogP contribution is 2.69. The van der Waals surface area contributed by atoms with Gasteiger partial charge in [-0.05, 0) is 213 Å². The van der Waals surface area contributed by atoms with Gasteiger partial charge in [-0.1, -0.05) is 256 Å². The number of para-hydroxylation sites is 1. The van der Waals surface area contributed by atoms with Gasteiger partial charge in [-0.3, -0.25) is 43.1 Å². The van der Waals surface area contributed by atoms with E-state index in [9.17, 15) is 58.5 Å². The number of benzene rings is 6. The van der Waals surface area contributed by atoms with Gasteiger partial charge in [0.25, 0.3) is 5.56 Å². The third-order valence-corrected chi connectivity index (χ3v) is 29.5. The van der Waals surface area contributed by atoms with Crippen molar-refractivity contribution in [3.05, 3.63) is 258 Å². The topological polar surface area (TPSA) is 306 Å². The molecule has 0 spiro atoms. The van der Waals surface area contributed by atoms with Gasteiger partial charge in [0.05, 0.1) is 37.2 Å². The van der Waals surface area contributed by atoms with Crippen molar-refractivity contribution >= 4 is 73.9 Å². The van der Waals surface area contributed by atoms with Gasteiger partial charge >= 0.3 is 11.3 Å². The number of aromatic nitrogens is 3. The van der Waals surface area contributed by atoms with Gasteiger partial charge in [0, 0.05) is 175 Å². The second kappa shape index (κ2) is 48.8. The Hall–Kier alpha value is -11.4. The third kappa shape index (κ3) is 30.0. The molecule has 3 N–H and O–H groups in total. The summed E-state index contributed by atoms with van der Waals surface area (Å²) >= 11 is 5.87. The van der Waals surface area contributed by atoms with Gasteiger partial charge in [-0.15, -0.1) is 0 Å². The molecule has 5 heterocycles. The van der Waals surface area contributed by atoms with Crippen LogP contribution < -0.4 is 31.2 Å². The fourth-order valence-electron chi connectivity index (χ4n) is 20.2. The molecule has 0 radical (unpaired) electrons. The maximum absolute atomic E-state index is 12.5. The molecule has 15 rings (SSSR count). The second-order valence-electron chi connectivity index (χ2n) is 46.8. The molecule has 22 heteroatoms. The minimum Gasteiger partial charge on any atom is -0.494 e. The number of nitrogens with zero attached hydrogens (tertiary/aromatic N) is 4. The van der Waals surface area contributed by atoms with Crippen molar-refractivity contribution in [1.82, 2.24) is 14.7 Å². The largest absolute Gasteiger partial charge is 0.494 e. The highest BCUT2D eigenvalue weighted by Gasteiger charge is 2.66. The standard InChI is InChI=1S/C28H48O4.C26H31NO3.C19H24O4.C17H21NO3.C16H16ClNO.C16H17NO2/c1-16(7-10-23(31)26(2,3)4)19-8-9-20-25-21(15-24(32)28(19,20)6)27(5)12-11-18(29)13-17(27)14-22(25)30;1-5-6-7-8-17-29-22-15-13-20(14-16-22)24-18-23(27-30-24)19-9-11-21(12-10-19)25(28)26(2,3)4;1-5-6-9-22-14-7-8-15-13(10-17(20)19(2,3)4)11-18(21)23-16(15)12-14;1-17(2,3)15(19)8-11-9-16(20)21-14-10-12(18(4)5)6-7-13(11)14;1-16(2,3)15(19)12-8-9-18-14(10-12)11-4-6-13(17)7-5-11;1-16(2,3)15(19)12-9-10-14(18)17(11-12)13-7-5-4-6-8-13/h16-22,24-25,29-30,32H,7-15H2,1-6H3;9-16,18H,5-8,17H2,1-4H3;7-8,11-12H,5-6,9-10H2,1-4H3;6-7,9-10H,8H2,1-5H3;4-10H,1-3H3;4-11H,1-3H3/t16-,17+,18-,19-,20+,21+,22-,24+,25+,27+,28-;;;;;/m1...../s1. The van der Waals surface area contributed by atoms with Crippen LogP contribution in [-0.4, -0.2) is 110 Å². The number of ether oxygens (including phenoxy) is 2. The highest BCUT2D eigenvalue weighted by molar-refractivity contribution is 6.30. The Morgan fingerprint density at radius 1 is 0.514 bits per heavy atom. The molecule has 144 heavy (non-hydrogen) atoms. The van der Waals surface area contributed by atoms with Crippen LogP contribution in [0.1, 0.15) is 298 Å². The summed E-state index contributed by atoms with van der Waals surface area (Å²) in [4.78, 5) is 116. The summed E-state index contributed by atoms with van der Waals surface area (Å²) in [5, 5.41) is 39.8. The van der Waals surface area contributed by atoms with Crippen molar-refractivity contribution < 1.29 is 66.9 Å². The van der Waals surface area contributed by atoms with Crippen molar-refractivity contribution in [2.45, 2.75) is 287 Å². The number of pyridine rings is 2. The number of aliphatic hydroxyl groups excluding tert-OH is 3. The number of carbonyl (C=O) groups excluding carboxylic acids is 6. The summed E-state index contributed by atoms with van der Waals surface area (Å²) in [5.41, 5.74) is 6.96. The number of rotatable bonds is 26. The molecular formula is C122H157ClN4O17. The summed E-state index contributed by atoms with van der Waals surface area (Å²) in [6.07, 6.45) is 17.6. The molecule has 4 aliphatic rings. The SMILES string of the molecule is CC(C)(C)C(=O)c1ccc(=O)n(-c2ccccc2)c1.CC(C)(C)C(=O)c1ccnc(-c2ccc(Cl)cc2)c1.CCCCCCOc1ccc(-c2cc(-c3ccc(C(=O)C(C)(C)C)cc3)no2)cc1.CCCCOc1ccc2c(CC(=O)C(C)(C)C)cc(=O)oc2c1.CN(C)c1ccc2c(CC(=O)C(C)(C)C)cc(=O)oc2c1.C[C@H](CCC(=O)C(C)(C)C)[C@H]1CC[C@H]2[C@@H]3[C@H](O)C[C@@H]4C[C@H](O)CC[C@]4(C)[C@H]3C[C@H](O)[C@]12C. The number of unbranched alkanes of at least 4 members (excludes halogenated alkanes) is 4. The van der Waals surface area contributed by atoms with Crippen LogP contribution in [0.3, 0.4) is 0 Å². The molecule has 4 aliphatic carbocycles. The second-order valence-corrected chi connectivity index (χ2v) is 47.2. The first-order chi connectivity index (χ1) is 67.4. The first-order valence-corrected chi connectivity index (χ1v) is 51.9. The smallest absolute Gasteiger partial charge is 0.336 e. The molecule has 4 fully saturated rings. The van der Waals surface area contributed by atoms with E-state index in [0.717, 1.165) is 139 Å². The molecule has 0 aliphatic heterocycles. The summed E-state index contributed by atoms with van der Waals surface area (Å²) in [6, 6.07) is 54.6. The van der Waals surface area contributed by atoms with Crippen LogP contribution in [0.2, 0.25) is 5.02 Å². The van der Waals surface area contributed by atoms with E-state index in [1.54, 1.807) is 30.6 Å². The molecule has 11 atom stereocenters. The van der Waals surface area contributed by atoms with Crippen LogP contribution in [0.25, 0.3) is 61.5 Å². The molecule has 0 unspecified atom stereocenters. The predicted octanol–water partition coefficient (Wildman–Crippen LogP) is 27.0. The van der Waals surface area contributed by atoms with E-state index < -0.39 is 38.3 Å². The average Bonchev–Trinajstić information content (AvgIpc) is 1.46. The highest BCUT2D eigenvalue weighted by atomic mass is 35.5. The lowest BCUT2D eigenvalue weighted by molar-refractivity contribution is -0.207. The molecule has 5 aromatic heterocycles. The summed E-state index contributed by atoms with van der Waals surface area (Å²) in [7, 11) is 3.85. The number of anilines is 1. The van der Waals surface area contributed by atoms with E-state index in [0.29, 0.717) is 98.4 Å². The monoisotopic (exact) mass is 1990 g/mol. The molecule has 11 aromatic rings. The van der Waals surface area contributed by atoms with E-state index in [2.05, 4.69) is 44.8 Å². The predicted molar refractivity (Wildman–Crippen MR) is 578 cm³/mol. The zero-order chi connectivity index (χ0) is 106. The number of fused-ring (bicyclic) bond motifs is 7. The Bertz CT molecular complexity index is 6380. The van der Waals surface area contributed by atoms with Crippen LogP contribution >= 0.6 is 11.6 Å². The van der Waals surface area contributed by atoms with Gasteiger partial charge in [-0.2, -0.15) is 0 Å². The zero-order valence-corrected chi connectivity index (χ0v) is 90.6. The Morgan fingerprint density at radius 2 is 1.03 bits per heavy atom. The quantitative estimate of drug-likeness (QED) is 0.0258. The van der Waals surface area contributed by atoms with Crippen molar-refractivity contribution in [3.63, 3.8) is 0 Å². The molecule has 6 aromatic carbocycles. The van der Waals surface area contributed by atoms with Crippen molar-refractivity contribution in [2.75, 3.05) is 32.2 Å². The number of hydrogen-bond donors (Lipinski definition) is 3. The Labute approximate surface area is 857 Å². The lowest BCUT2D eigenvalue weighted by Crippen LogP contribution is -2.62. The molecular weight excluding hydrogens is 1830 g/mol. The fraction of sp³-hybridized carbons (Fsp3) is 0.500. The van der Waals surface area contributed by atoms with Gasteiger partial charge in [-0.25, -0.2) is 9.59 Å². The Morgan fingerprint density at radius 3 is 1.60 bits per heavy atom. The normalized spacial score (nSPS) is 20.0. The van der Waals surface area contributed by atoms with Crippen LogP contribution in [0.4, 0.5) is 5.69 Å². The van der Waals surface area contributed by atoms with Gasteiger partial charge < -0.3 is 43.1 Å². The number of carbonyl (C=O) groups is 6. The minimum atomic E-state index is -0.459. The molecule has 0 amide bonds. The lowest BCUT2D eigenvalue weighted by Gasteiger charge is -2.63. The Balaban J connectivity index is 0.000000179. The van der Waals surface area contributed by atoms with E-state index in [4.69, 9.17) is 34.4 Å². The summed E-state index contributed by atoms with van der Waals surface area (Å²) < 4.78 is 29.0. The van der Waals surface area contributed by atoms with Gasteiger partial charge in [0.1, 0.15) is 45.7 Å². The van der Waals surface area contributed by atoms with Crippen LogP contribution in [0, 0.1) is 78.8 Å². The van der Waals surface area contributed by atoms with Gasteiger partial charge in [0.2, 0.25) is 0 Å². The number of halogens is 1. The van der Waals surface area contributed by atoms with E-state index >= 15 is 0 Å². The lowest BCUT2D eigenvalue weighted by atomic mass is 9.43. The van der Waals surface area contributed by atoms with Crippen molar-refractivity contribution in [1.29, 1.82) is 0 Å². The zero-order valence-electron chi connectivity index (χ0n) is 89.8. The third-order valence-electron chi connectivity index (χ3n) is 29.2. The number of hydrogen-bond acceptors (Lipinski definition) is 20. The number of aliphatic hydroxyl groups is 3. The van der Waals surface area contributed by atoms with Gasteiger partial charge in [0.15, 0.2) is 23.1 Å². The number of ketones is 6. The average molecular weight is 1990 g/mol. The molecule has 0 saturated heterocycles. The van der Waals surface area contributed by atoms with Crippen molar-refractivity contribution in [2.24, 2.45) is 78.8 Å². The van der Waals surface area contributed by atoms with Crippen molar-refractivity contribution in [3.8, 4) is 51.0 Å². The maximum atomic E-state index is 12.5. The molecule has 4 saturated carbocycles. The summed E-state index contributed by atoms with van der Waals surface area (Å²) in [5.74, 6) is 5.15. The minimum absolute atomic E-state index is 0.0252. The first-order valence-electron chi connectivity index (χ1n) is 51.5. The molecule has 21 nitrogen and oxygen atoms in total. The molecule has 774 valence electrons. The Kier molecular flexibility index (Phi) is 38.8. The van der Waals surface area contributed by atoms with E-state index in [-0.39, 0.29) is 87.8 Å². The van der Waals surface area contributed by atoms with Crippen LogP contribution in [0.5, 0.6) is 11.5 Å². The number of Topliss-reactive ketones (excluding diaryl/α,β-unsaturated/α-hetero) is 6. The van der Waals surface area contributed by atoms with Crippen LogP contribution in [-0.2, 0) is 27.2 Å². The van der Waals surface area contributed by atoms with E-state index in [1.165, 1.54) is 42.0 Å². The fourth-order valence-corrected chi connectivity index (χ4v) is 20.3.